The summed E-state index contributed by atoms with van der Waals surface area (Å²) >= 11 is 6.54. The third kappa shape index (κ3) is 2.15. The number of nitrogens with zero attached hydrogens (tertiary/aromatic N) is 1. The molecule has 3 atom stereocenters. The van der Waals surface area contributed by atoms with Gasteiger partial charge in [0, 0.05) is 40.4 Å². The van der Waals surface area contributed by atoms with Gasteiger partial charge in [0.25, 0.3) is 0 Å². The number of ketones is 1. The molecule has 3 aliphatic rings. The highest BCUT2D eigenvalue weighted by Gasteiger charge is 2.57. The molecule has 5 nitrogen and oxygen atoms in total. The average molecular weight is 364 g/mol. The topological polar surface area (TPSA) is 59.0 Å². The molecule has 1 fully saturated rings. The lowest BCUT2D eigenvalue weighted by Crippen LogP contribution is -2.60. The predicted octanol–water partition coefficient (Wildman–Crippen LogP) is 2.67. The summed E-state index contributed by atoms with van der Waals surface area (Å²) < 4.78 is 10.6. The van der Waals surface area contributed by atoms with Crippen molar-refractivity contribution >= 4 is 17.4 Å². The van der Waals surface area contributed by atoms with E-state index in [0.717, 1.165) is 30.5 Å². The number of hydrogen-bond donors (Lipinski definition) is 1. The third-order valence-corrected chi connectivity index (χ3v) is 6.62. The highest BCUT2D eigenvalue weighted by Crippen LogP contribution is 2.58. The Balaban J connectivity index is 2.01. The molecule has 2 bridgehead atoms. The van der Waals surface area contributed by atoms with E-state index in [1.165, 1.54) is 14.2 Å². The number of ether oxygens (including phenoxy) is 2. The molecular weight excluding hydrogens is 342 g/mol. The summed E-state index contributed by atoms with van der Waals surface area (Å²) in [5, 5.41) is 11.5. The number of piperidine rings is 1. The standard InChI is InChI=1S/C19H22ClNO4/c1-21-5-4-19-9-14(22)15(24-2)7-11(19)13(21)6-10-12(20)8-16(25-3)18(23)17(10)19/h7-8,11,13,23H,4-6,9H2,1-3H3/t11?,13-,19+/m0/s1. The van der Waals surface area contributed by atoms with Crippen molar-refractivity contribution in [2.45, 2.75) is 30.7 Å². The van der Waals surface area contributed by atoms with E-state index in [1.807, 2.05) is 6.08 Å². The van der Waals surface area contributed by atoms with Crippen molar-refractivity contribution < 1.29 is 19.4 Å². The van der Waals surface area contributed by atoms with E-state index in [0.29, 0.717) is 23.0 Å². The third-order valence-electron chi connectivity index (χ3n) is 6.28. The molecule has 1 heterocycles. The first-order valence-electron chi connectivity index (χ1n) is 8.51. The van der Waals surface area contributed by atoms with Crippen LogP contribution in [0.4, 0.5) is 0 Å². The average Bonchev–Trinajstić information content (AvgIpc) is 2.59. The number of benzene rings is 1. The van der Waals surface area contributed by atoms with Crippen molar-refractivity contribution in [1.29, 1.82) is 0 Å². The van der Waals surface area contributed by atoms with Gasteiger partial charge in [-0.05, 0) is 38.1 Å². The minimum absolute atomic E-state index is 0.0201. The van der Waals surface area contributed by atoms with Crippen molar-refractivity contribution in [2.75, 3.05) is 27.8 Å². The number of methoxy groups -OCH3 is 2. The summed E-state index contributed by atoms with van der Waals surface area (Å²) in [5.41, 5.74) is 1.28. The number of fused-ring (bicyclic) bond motifs is 1. The van der Waals surface area contributed by atoms with Gasteiger partial charge in [0.15, 0.2) is 23.0 Å². The van der Waals surface area contributed by atoms with Gasteiger partial charge in [0.05, 0.1) is 14.2 Å². The summed E-state index contributed by atoms with van der Waals surface area (Å²) in [4.78, 5) is 15.0. The van der Waals surface area contributed by atoms with Crippen LogP contribution in [0.3, 0.4) is 0 Å². The molecule has 1 unspecified atom stereocenters. The van der Waals surface area contributed by atoms with Crippen LogP contribution in [0.5, 0.6) is 11.5 Å². The van der Waals surface area contributed by atoms with Crippen LogP contribution in [0.2, 0.25) is 5.02 Å². The number of hydrogen-bond acceptors (Lipinski definition) is 5. The fourth-order valence-electron chi connectivity index (χ4n) is 5.06. The van der Waals surface area contributed by atoms with Crippen molar-refractivity contribution in [1.82, 2.24) is 4.90 Å². The number of phenols is 1. The van der Waals surface area contributed by atoms with Crippen LogP contribution < -0.4 is 4.74 Å². The first-order valence-corrected chi connectivity index (χ1v) is 8.88. The molecular formula is C19H22ClNO4. The van der Waals surface area contributed by atoms with E-state index in [2.05, 4.69) is 11.9 Å². The Morgan fingerprint density at radius 2 is 2.12 bits per heavy atom. The molecule has 0 amide bonds. The predicted molar refractivity (Wildman–Crippen MR) is 94.3 cm³/mol. The molecule has 134 valence electrons. The number of halogens is 1. The van der Waals surface area contributed by atoms with E-state index in [-0.39, 0.29) is 23.5 Å². The monoisotopic (exact) mass is 363 g/mol. The number of carbonyl (C=O) groups is 1. The van der Waals surface area contributed by atoms with E-state index in [1.54, 1.807) is 6.07 Å². The number of likely N-dealkylation sites (N-methyl/N-ethyl adjacent to an activating group) is 1. The Kier molecular flexibility index (Phi) is 3.78. The van der Waals surface area contributed by atoms with Crippen molar-refractivity contribution in [2.24, 2.45) is 5.92 Å². The largest absolute Gasteiger partial charge is 0.504 e. The number of rotatable bonds is 2. The van der Waals surface area contributed by atoms with E-state index < -0.39 is 5.41 Å². The first-order chi connectivity index (χ1) is 11.9. The molecule has 2 aliphatic carbocycles. The Bertz CT molecular complexity index is 790. The minimum Gasteiger partial charge on any atom is -0.504 e. The van der Waals surface area contributed by atoms with Gasteiger partial charge in [-0.3, -0.25) is 4.79 Å². The Morgan fingerprint density at radius 1 is 1.36 bits per heavy atom. The smallest absolute Gasteiger partial charge is 0.197 e. The molecule has 0 aromatic heterocycles. The number of Topliss-reactive ketones (excluding diaryl/α,β-unsaturated/α-hetero) is 1. The zero-order valence-corrected chi connectivity index (χ0v) is 15.4. The summed E-state index contributed by atoms with van der Waals surface area (Å²) in [6.45, 7) is 0.873. The van der Waals surface area contributed by atoms with E-state index >= 15 is 0 Å². The van der Waals surface area contributed by atoms with Gasteiger partial charge >= 0.3 is 0 Å². The van der Waals surface area contributed by atoms with E-state index in [4.69, 9.17) is 21.1 Å². The quantitative estimate of drug-likeness (QED) is 0.875. The van der Waals surface area contributed by atoms with Gasteiger partial charge in [-0.25, -0.2) is 0 Å². The molecule has 0 spiro atoms. The molecule has 1 aliphatic heterocycles. The maximum Gasteiger partial charge on any atom is 0.197 e. The molecule has 1 aromatic carbocycles. The van der Waals surface area contributed by atoms with Gasteiger partial charge in [0.1, 0.15) is 0 Å². The summed E-state index contributed by atoms with van der Waals surface area (Å²) in [6.07, 6.45) is 3.80. The van der Waals surface area contributed by atoms with Crippen LogP contribution in [0, 0.1) is 5.92 Å². The van der Waals surface area contributed by atoms with Crippen LogP contribution in [-0.4, -0.2) is 49.6 Å². The normalized spacial score (nSPS) is 31.0. The van der Waals surface area contributed by atoms with Crippen LogP contribution in [-0.2, 0) is 21.4 Å². The zero-order valence-electron chi connectivity index (χ0n) is 14.6. The van der Waals surface area contributed by atoms with Crippen molar-refractivity contribution in [3.05, 3.63) is 34.1 Å². The zero-order chi connectivity index (χ0) is 17.9. The van der Waals surface area contributed by atoms with Crippen LogP contribution in [0.25, 0.3) is 0 Å². The Labute approximate surface area is 152 Å². The number of allylic oxidation sites excluding steroid dienone is 1. The maximum absolute atomic E-state index is 12.7. The molecule has 1 N–H and O–H groups in total. The minimum atomic E-state index is -0.452. The highest BCUT2D eigenvalue weighted by atomic mass is 35.5. The summed E-state index contributed by atoms with van der Waals surface area (Å²) in [5.74, 6) is 0.992. The number of likely N-dealkylation sites (tertiary alicyclic amines) is 1. The SMILES string of the molecule is COC1=CC2[C@@H]3Cc4c(Cl)cc(OC)c(O)c4[C@]2(CCN3C)CC1=O. The lowest BCUT2D eigenvalue weighted by Gasteiger charge is -2.56. The molecule has 1 saturated heterocycles. The molecule has 1 aromatic rings. The van der Waals surface area contributed by atoms with Crippen molar-refractivity contribution in [3.63, 3.8) is 0 Å². The van der Waals surface area contributed by atoms with Crippen LogP contribution >= 0.6 is 11.6 Å². The molecule has 0 saturated carbocycles. The number of aromatic hydroxyl groups is 1. The maximum atomic E-state index is 12.7. The second-order valence-corrected chi connectivity index (χ2v) is 7.69. The number of carbonyl (C=O) groups excluding carboxylic acids is 1. The van der Waals surface area contributed by atoms with Crippen molar-refractivity contribution in [3.8, 4) is 11.5 Å². The molecule has 4 rings (SSSR count). The fourth-order valence-corrected chi connectivity index (χ4v) is 5.33. The Hall–Kier alpha value is -1.72. The van der Waals surface area contributed by atoms with Gasteiger partial charge in [-0.15, -0.1) is 0 Å². The second kappa shape index (κ2) is 5.64. The molecule has 25 heavy (non-hydrogen) atoms. The first kappa shape index (κ1) is 16.7. The van der Waals surface area contributed by atoms with Gasteiger partial charge in [-0.1, -0.05) is 11.6 Å². The molecule has 6 heteroatoms. The Morgan fingerprint density at radius 3 is 2.80 bits per heavy atom. The number of phenolic OH excluding ortho intramolecular Hbond substituents is 1. The van der Waals surface area contributed by atoms with E-state index in [9.17, 15) is 9.90 Å². The van der Waals surface area contributed by atoms with Crippen LogP contribution in [0.15, 0.2) is 17.9 Å². The summed E-state index contributed by atoms with van der Waals surface area (Å²) in [7, 11) is 5.16. The summed E-state index contributed by atoms with van der Waals surface area (Å²) in [6, 6.07) is 1.90. The van der Waals surface area contributed by atoms with Gasteiger partial charge in [0.2, 0.25) is 0 Å². The fraction of sp³-hybridized carbons (Fsp3) is 0.526. The lowest BCUT2D eigenvalue weighted by molar-refractivity contribution is -0.122. The van der Waals surface area contributed by atoms with Crippen LogP contribution in [0.1, 0.15) is 24.0 Å². The lowest BCUT2D eigenvalue weighted by atomic mass is 9.53. The second-order valence-electron chi connectivity index (χ2n) is 7.28. The highest BCUT2D eigenvalue weighted by molar-refractivity contribution is 6.31. The van der Waals surface area contributed by atoms with Gasteiger partial charge < -0.3 is 19.5 Å². The molecule has 0 radical (unpaired) electrons. The van der Waals surface area contributed by atoms with Gasteiger partial charge in [-0.2, -0.15) is 0 Å².